The van der Waals surface area contributed by atoms with Gasteiger partial charge in [-0.05, 0) is 28.9 Å². The Morgan fingerprint density at radius 1 is 1.47 bits per heavy atom. The summed E-state index contributed by atoms with van der Waals surface area (Å²) in [5.41, 5.74) is 1.07. The minimum atomic E-state index is -0.463. The summed E-state index contributed by atoms with van der Waals surface area (Å²) in [4.78, 5) is 15.4. The Balaban J connectivity index is 0.00000196. The number of hydrogen-bond acceptors (Lipinski definition) is 4. The number of nitrogens with zero attached hydrogens (tertiary/aromatic N) is 1. The number of hydrogen-bond donors (Lipinski definition) is 0. The molecular formula is C9H11Br2NO3. The first-order valence-corrected chi connectivity index (χ1v) is 4.69. The molecule has 0 saturated heterocycles. The maximum atomic E-state index is 11.3. The fourth-order valence-electron chi connectivity index (χ4n) is 0.971. The van der Waals surface area contributed by atoms with Crippen LogP contribution < -0.4 is 4.74 Å². The number of carbonyl (C=O) groups excluding carboxylic acids is 1. The van der Waals surface area contributed by atoms with Gasteiger partial charge in [0.05, 0.1) is 19.9 Å². The quantitative estimate of drug-likeness (QED) is 0.776. The highest BCUT2D eigenvalue weighted by atomic mass is 79.9. The Kier molecular flexibility index (Phi) is 5.82. The van der Waals surface area contributed by atoms with Crippen LogP contribution in [0.1, 0.15) is 16.1 Å². The van der Waals surface area contributed by atoms with Crippen LogP contribution in [-0.4, -0.2) is 25.2 Å². The molecule has 0 aromatic carbocycles. The Morgan fingerprint density at radius 2 is 2.07 bits per heavy atom. The van der Waals surface area contributed by atoms with E-state index in [1.54, 1.807) is 6.07 Å². The van der Waals surface area contributed by atoms with Gasteiger partial charge in [-0.1, -0.05) is 0 Å². The smallest absolute Gasteiger partial charge is 0.343 e. The van der Waals surface area contributed by atoms with Gasteiger partial charge in [-0.25, -0.2) is 9.78 Å². The summed E-state index contributed by atoms with van der Waals surface area (Å²) in [6.45, 7) is 1.81. The Labute approximate surface area is 107 Å². The predicted molar refractivity (Wildman–Crippen MR) is 64.9 cm³/mol. The summed E-state index contributed by atoms with van der Waals surface area (Å²) < 4.78 is 10.3. The minimum Gasteiger partial charge on any atom is -0.480 e. The van der Waals surface area contributed by atoms with Crippen molar-refractivity contribution < 1.29 is 14.3 Å². The van der Waals surface area contributed by atoms with Gasteiger partial charge < -0.3 is 9.47 Å². The van der Waals surface area contributed by atoms with E-state index in [0.29, 0.717) is 5.56 Å². The lowest BCUT2D eigenvalue weighted by atomic mass is 10.2. The van der Waals surface area contributed by atoms with E-state index in [9.17, 15) is 4.79 Å². The fraction of sp³-hybridized carbons (Fsp3) is 0.333. The molecule has 0 unspecified atom stereocenters. The molecule has 0 bridgehead atoms. The number of aromatic nitrogens is 1. The van der Waals surface area contributed by atoms with E-state index in [2.05, 4.69) is 25.7 Å². The van der Waals surface area contributed by atoms with Crippen LogP contribution in [0.2, 0.25) is 0 Å². The first kappa shape index (κ1) is 14.4. The lowest BCUT2D eigenvalue weighted by Crippen LogP contribution is -2.06. The topological polar surface area (TPSA) is 48.4 Å². The number of methoxy groups -OCH3 is 2. The van der Waals surface area contributed by atoms with E-state index in [1.165, 1.54) is 14.2 Å². The van der Waals surface area contributed by atoms with Gasteiger partial charge in [0.15, 0.2) is 0 Å². The second-order valence-electron chi connectivity index (χ2n) is 2.60. The standard InChI is InChI=1S/C9H10BrNO3.BrH/c1-5-7(10)4-6(9(12)14-3)8(11-5)13-2;/h4H,1-3H3;1H. The number of halogens is 2. The molecule has 6 heteroatoms. The van der Waals surface area contributed by atoms with Crippen molar-refractivity contribution in [1.82, 2.24) is 4.98 Å². The molecule has 1 rings (SSSR count). The molecule has 0 N–H and O–H groups in total. The van der Waals surface area contributed by atoms with E-state index in [1.807, 2.05) is 6.92 Å². The molecule has 0 aliphatic heterocycles. The van der Waals surface area contributed by atoms with Crippen molar-refractivity contribution in [2.75, 3.05) is 14.2 Å². The molecule has 1 aromatic heterocycles. The fourth-order valence-corrected chi connectivity index (χ4v) is 1.29. The molecule has 15 heavy (non-hydrogen) atoms. The van der Waals surface area contributed by atoms with Crippen molar-refractivity contribution in [3.8, 4) is 5.88 Å². The minimum absolute atomic E-state index is 0. The number of rotatable bonds is 2. The number of aryl methyl sites for hydroxylation is 1. The summed E-state index contributed by atoms with van der Waals surface area (Å²) in [7, 11) is 2.78. The third-order valence-electron chi connectivity index (χ3n) is 1.72. The molecule has 4 nitrogen and oxygen atoms in total. The Hall–Kier alpha value is -0.620. The lowest BCUT2D eigenvalue weighted by molar-refractivity contribution is 0.0596. The molecule has 0 aliphatic rings. The van der Waals surface area contributed by atoms with Crippen LogP contribution in [0.5, 0.6) is 5.88 Å². The van der Waals surface area contributed by atoms with E-state index in [-0.39, 0.29) is 22.9 Å². The monoisotopic (exact) mass is 339 g/mol. The maximum Gasteiger partial charge on any atom is 0.343 e. The highest BCUT2D eigenvalue weighted by molar-refractivity contribution is 9.10. The number of carbonyl (C=O) groups is 1. The van der Waals surface area contributed by atoms with Crippen LogP contribution >= 0.6 is 32.9 Å². The van der Waals surface area contributed by atoms with Crippen LogP contribution in [0.15, 0.2) is 10.5 Å². The van der Waals surface area contributed by atoms with Crippen molar-refractivity contribution in [3.63, 3.8) is 0 Å². The van der Waals surface area contributed by atoms with Gasteiger partial charge in [0.2, 0.25) is 5.88 Å². The highest BCUT2D eigenvalue weighted by Crippen LogP contribution is 2.23. The summed E-state index contributed by atoms with van der Waals surface area (Å²) in [5, 5.41) is 0. The van der Waals surface area contributed by atoms with Crippen molar-refractivity contribution in [2.24, 2.45) is 0 Å². The third kappa shape index (κ3) is 3.17. The molecule has 1 heterocycles. The molecule has 84 valence electrons. The first-order chi connectivity index (χ1) is 6.60. The second kappa shape index (κ2) is 6.07. The first-order valence-electron chi connectivity index (χ1n) is 3.89. The molecule has 0 aliphatic carbocycles. The highest BCUT2D eigenvalue weighted by Gasteiger charge is 2.15. The number of ether oxygens (including phenoxy) is 2. The van der Waals surface area contributed by atoms with Gasteiger partial charge in [-0.15, -0.1) is 17.0 Å². The van der Waals surface area contributed by atoms with Gasteiger partial charge in [0, 0.05) is 4.47 Å². The van der Waals surface area contributed by atoms with Crippen molar-refractivity contribution in [1.29, 1.82) is 0 Å². The van der Waals surface area contributed by atoms with Crippen LogP contribution in [-0.2, 0) is 4.74 Å². The summed E-state index contributed by atoms with van der Waals surface area (Å²) in [6, 6.07) is 1.63. The summed E-state index contributed by atoms with van der Waals surface area (Å²) in [5.74, 6) is -0.187. The molecule has 0 spiro atoms. The zero-order valence-electron chi connectivity index (χ0n) is 8.54. The van der Waals surface area contributed by atoms with Gasteiger partial charge in [-0.2, -0.15) is 0 Å². The second-order valence-corrected chi connectivity index (χ2v) is 3.46. The van der Waals surface area contributed by atoms with E-state index in [4.69, 9.17) is 4.74 Å². The van der Waals surface area contributed by atoms with Crippen LogP contribution in [0.3, 0.4) is 0 Å². The SMILES string of the molecule is Br.COC(=O)c1cc(Br)c(C)nc1OC. The molecule has 1 aromatic rings. The largest absolute Gasteiger partial charge is 0.480 e. The van der Waals surface area contributed by atoms with Gasteiger partial charge in [-0.3, -0.25) is 0 Å². The Bertz CT molecular complexity index is 369. The maximum absolute atomic E-state index is 11.3. The average molecular weight is 341 g/mol. The molecule has 0 radical (unpaired) electrons. The van der Waals surface area contributed by atoms with Crippen molar-refractivity contribution >= 4 is 38.9 Å². The van der Waals surface area contributed by atoms with Gasteiger partial charge >= 0.3 is 5.97 Å². The zero-order valence-corrected chi connectivity index (χ0v) is 11.8. The molecular weight excluding hydrogens is 330 g/mol. The average Bonchev–Trinajstić information content (AvgIpc) is 2.20. The van der Waals surface area contributed by atoms with E-state index >= 15 is 0 Å². The van der Waals surface area contributed by atoms with Crippen molar-refractivity contribution in [2.45, 2.75) is 6.92 Å². The van der Waals surface area contributed by atoms with Crippen LogP contribution in [0, 0.1) is 6.92 Å². The molecule has 0 atom stereocenters. The third-order valence-corrected chi connectivity index (χ3v) is 2.52. The summed E-state index contributed by atoms with van der Waals surface area (Å²) in [6.07, 6.45) is 0. The predicted octanol–water partition coefficient (Wildman–Crippen LogP) is 2.53. The lowest BCUT2D eigenvalue weighted by Gasteiger charge is -2.07. The molecule has 0 fully saturated rings. The molecule has 0 saturated carbocycles. The van der Waals surface area contributed by atoms with E-state index < -0.39 is 5.97 Å². The van der Waals surface area contributed by atoms with Crippen molar-refractivity contribution in [3.05, 3.63) is 21.8 Å². The van der Waals surface area contributed by atoms with Crippen LogP contribution in [0.25, 0.3) is 0 Å². The van der Waals surface area contributed by atoms with E-state index in [0.717, 1.165) is 10.2 Å². The van der Waals surface area contributed by atoms with Gasteiger partial charge in [0.1, 0.15) is 5.56 Å². The Morgan fingerprint density at radius 3 is 2.53 bits per heavy atom. The van der Waals surface area contributed by atoms with Crippen LogP contribution in [0.4, 0.5) is 0 Å². The van der Waals surface area contributed by atoms with Gasteiger partial charge in [0.25, 0.3) is 0 Å². The summed E-state index contributed by atoms with van der Waals surface area (Å²) >= 11 is 3.28. The normalized spacial score (nSPS) is 9.07. The zero-order chi connectivity index (χ0) is 10.7. The number of pyridine rings is 1. The number of esters is 1. The molecule has 0 amide bonds.